The molecule has 0 radical (unpaired) electrons. The lowest BCUT2D eigenvalue weighted by Crippen LogP contribution is -2.48. The lowest BCUT2D eigenvalue weighted by molar-refractivity contribution is 1.22. The number of benzene rings is 4. The van der Waals surface area contributed by atoms with Crippen LogP contribution in [-0.2, 0) is 0 Å². The van der Waals surface area contributed by atoms with E-state index in [9.17, 15) is 0 Å². The molecule has 0 bridgehead atoms. The first-order chi connectivity index (χ1) is 17.5. The van der Waals surface area contributed by atoms with Crippen LogP contribution in [-0.4, -0.2) is 95.9 Å². The maximum absolute atomic E-state index is 3.92. The van der Waals surface area contributed by atoms with E-state index in [2.05, 4.69) is 120 Å². The second-order valence-electron chi connectivity index (χ2n) is 11.4. The second kappa shape index (κ2) is 8.09. The van der Waals surface area contributed by atoms with Crippen molar-refractivity contribution in [3.8, 4) is 5.69 Å². The first-order valence-electron chi connectivity index (χ1n) is 13.5. The van der Waals surface area contributed by atoms with Gasteiger partial charge in [-0.1, -0.05) is 61.9 Å². The zero-order valence-corrected chi connectivity index (χ0v) is 24.3. The van der Waals surface area contributed by atoms with Crippen molar-refractivity contribution in [2.24, 2.45) is 0 Å². The third-order valence-electron chi connectivity index (χ3n) is 9.98. The van der Waals surface area contributed by atoms with Crippen molar-refractivity contribution in [3.63, 3.8) is 0 Å². The molecule has 0 aliphatic rings. The average Bonchev–Trinajstić information content (AvgIpc) is 3.45. The minimum Gasteiger partial charge on any atom is -0.355 e. The quantitative estimate of drug-likeness (QED) is 0.235. The summed E-state index contributed by atoms with van der Waals surface area (Å²) in [5, 5.41) is 5.51. The van der Waals surface area contributed by atoms with Crippen LogP contribution in [0.4, 0.5) is 0 Å². The number of aromatic amines is 1. The molecule has 0 aliphatic carbocycles. The number of hydrogen-bond acceptors (Lipinski definition) is 0. The van der Waals surface area contributed by atoms with Gasteiger partial charge >= 0.3 is 0 Å². The third kappa shape index (κ3) is 2.98. The van der Waals surface area contributed by atoms with Crippen LogP contribution in [0, 0.1) is 0 Å². The van der Waals surface area contributed by atoms with Gasteiger partial charge in [0, 0.05) is 33.0 Å². The Morgan fingerprint density at radius 3 is 1.59 bits per heavy atom. The summed E-state index contributed by atoms with van der Waals surface area (Å²) in [6.45, 7) is 0. The van der Waals surface area contributed by atoms with E-state index < -0.39 is 0 Å². The first-order valence-corrected chi connectivity index (χ1v) is 13.5. The number of aromatic nitrogens is 2. The number of para-hydroxylation sites is 1. The molecule has 6 rings (SSSR count). The topological polar surface area (TPSA) is 20.7 Å². The van der Waals surface area contributed by atoms with Gasteiger partial charge in [-0.3, -0.25) is 0 Å². The Kier molecular flexibility index (Phi) is 5.37. The van der Waals surface area contributed by atoms with E-state index in [1.807, 2.05) is 0 Å². The van der Waals surface area contributed by atoms with Gasteiger partial charge in [-0.05, 0) is 22.3 Å². The number of nitrogens with zero attached hydrogens (tertiary/aromatic N) is 1. The number of H-pyrrole nitrogens is 1. The van der Waals surface area contributed by atoms with Crippen LogP contribution in [0.15, 0.2) is 24.3 Å². The number of hydrogen-bond donors (Lipinski definition) is 1. The molecule has 0 aliphatic heterocycles. The smallest absolute Gasteiger partial charge is 0.144 e. The van der Waals surface area contributed by atoms with Crippen molar-refractivity contribution in [1.82, 2.24) is 9.55 Å². The Labute approximate surface area is 229 Å². The standard InChI is InChI=1S/C24H27B11N2/c25-10-7-5-3-1-2-4-6(5)37(23(7)19(34)16(31)13(10)28)24-18(33)12(27)9-8-11(26)14(29)15(30)17(32)21(8)36-22(9)20(24)35/h1-4,36H,25-35H2. The molecule has 37 heavy (non-hydrogen) atoms. The molecule has 1 N–H and O–H groups in total. The molecule has 0 atom stereocenters. The fourth-order valence-corrected chi connectivity index (χ4v) is 6.98. The highest BCUT2D eigenvalue weighted by Crippen LogP contribution is 2.29. The van der Waals surface area contributed by atoms with E-state index in [0.29, 0.717) is 0 Å². The second-order valence-corrected chi connectivity index (χ2v) is 11.4. The molecular formula is C24H27B11N2. The summed E-state index contributed by atoms with van der Waals surface area (Å²) in [6.07, 6.45) is 0. The summed E-state index contributed by atoms with van der Waals surface area (Å²) < 4.78 is 2.57. The van der Waals surface area contributed by atoms with Crippen LogP contribution >= 0.6 is 0 Å². The van der Waals surface area contributed by atoms with E-state index in [0.717, 1.165) is 0 Å². The van der Waals surface area contributed by atoms with Crippen LogP contribution in [0.2, 0.25) is 0 Å². The van der Waals surface area contributed by atoms with E-state index in [1.165, 1.54) is 109 Å². The molecule has 6 aromatic rings. The molecule has 13 heteroatoms. The van der Waals surface area contributed by atoms with Crippen LogP contribution in [0.1, 0.15) is 0 Å². The molecule has 0 saturated heterocycles. The number of rotatable bonds is 1. The zero-order valence-electron chi connectivity index (χ0n) is 24.3. The van der Waals surface area contributed by atoms with Crippen molar-refractivity contribution >= 4 is 190 Å². The molecular weight excluding hydrogens is 435 g/mol. The lowest BCUT2D eigenvalue weighted by atomic mass is 9.64. The van der Waals surface area contributed by atoms with Gasteiger partial charge in [-0.25, -0.2) is 0 Å². The Bertz CT molecular complexity index is 2000. The van der Waals surface area contributed by atoms with E-state index in [4.69, 9.17) is 0 Å². The maximum Gasteiger partial charge on any atom is 0.144 e. The Hall–Kier alpha value is -2.81. The Balaban J connectivity index is 1.89. The molecule has 0 fully saturated rings. The molecule has 2 nitrogen and oxygen atoms in total. The summed E-state index contributed by atoms with van der Waals surface area (Å²) in [6, 6.07) is 8.95. The van der Waals surface area contributed by atoms with Crippen molar-refractivity contribution in [1.29, 1.82) is 0 Å². The summed E-state index contributed by atoms with van der Waals surface area (Å²) in [4.78, 5) is 3.92. The zero-order chi connectivity index (χ0) is 26.7. The van der Waals surface area contributed by atoms with Crippen molar-refractivity contribution < 1.29 is 0 Å². The van der Waals surface area contributed by atoms with E-state index >= 15 is 0 Å². The van der Waals surface area contributed by atoms with Crippen LogP contribution in [0.25, 0.3) is 49.3 Å². The highest BCUT2D eigenvalue weighted by molar-refractivity contribution is 6.70. The van der Waals surface area contributed by atoms with Gasteiger partial charge in [0.05, 0.1) is 5.52 Å². The Morgan fingerprint density at radius 2 is 0.946 bits per heavy atom. The van der Waals surface area contributed by atoms with E-state index in [1.54, 1.807) is 0 Å². The molecule has 0 saturated carbocycles. The maximum atomic E-state index is 3.92. The van der Waals surface area contributed by atoms with Gasteiger partial charge in [0.1, 0.15) is 86.3 Å². The monoisotopic (exact) mass is 464 g/mol. The van der Waals surface area contributed by atoms with Crippen molar-refractivity contribution in [2.45, 2.75) is 0 Å². The van der Waals surface area contributed by atoms with Gasteiger partial charge in [-0.2, -0.15) is 0 Å². The van der Waals surface area contributed by atoms with Crippen LogP contribution in [0.5, 0.6) is 0 Å². The van der Waals surface area contributed by atoms with Gasteiger partial charge < -0.3 is 9.55 Å². The minimum atomic E-state index is 1.27. The van der Waals surface area contributed by atoms with E-state index in [-0.39, 0.29) is 0 Å². The number of fused-ring (bicyclic) bond motifs is 6. The minimum absolute atomic E-state index is 1.27. The highest BCUT2D eigenvalue weighted by atomic mass is 15.0. The summed E-state index contributed by atoms with van der Waals surface area (Å²) in [5.41, 5.74) is 21.7. The predicted octanol–water partition coefficient (Wildman–Crippen LogP) is -12.7. The van der Waals surface area contributed by atoms with Gasteiger partial charge in [-0.15, -0.1) is 10.9 Å². The highest BCUT2D eigenvalue weighted by Gasteiger charge is 2.24. The largest absolute Gasteiger partial charge is 0.355 e. The predicted molar refractivity (Wildman–Crippen MR) is 200 cm³/mol. The van der Waals surface area contributed by atoms with Gasteiger partial charge in [0.15, 0.2) is 0 Å². The summed E-state index contributed by atoms with van der Waals surface area (Å²) in [5.74, 6) is 0. The fraction of sp³-hybridized carbons (Fsp3) is 0. The summed E-state index contributed by atoms with van der Waals surface area (Å²) >= 11 is 0. The van der Waals surface area contributed by atoms with Crippen LogP contribution < -0.4 is 60.1 Å². The van der Waals surface area contributed by atoms with Crippen molar-refractivity contribution in [3.05, 3.63) is 24.3 Å². The molecule has 0 amide bonds. The number of nitrogens with one attached hydrogen (secondary N) is 1. The van der Waals surface area contributed by atoms with Crippen molar-refractivity contribution in [2.75, 3.05) is 0 Å². The molecule has 4 aromatic carbocycles. The Morgan fingerprint density at radius 1 is 0.459 bits per heavy atom. The molecule has 0 unspecified atom stereocenters. The van der Waals surface area contributed by atoms with Crippen LogP contribution in [0.3, 0.4) is 0 Å². The average molecular weight is 462 g/mol. The van der Waals surface area contributed by atoms with Gasteiger partial charge in [0.25, 0.3) is 0 Å². The summed E-state index contributed by atoms with van der Waals surface area (Å²) in [7, 11) is 25.2. The first kappa shape index (κ1) is 24.5. The fourth-order valence-electron chi connectivity index (χ4n) is 6.98. The molecule has 2 aromatic heterocycles. The molecule has 0 spiro atoms. The SMILES string of the molecule is Bc1c(B)c(B)c2c([nH]c3c(B)c(-n4c5ccccc5c5c(B)c(B)c(B)c(B)c54)c(B)c(B)c32)c1B. The molecule has 2 heterocycles. The normalized spacial score (nSPS) is 11.9. The third-order valence-corrected chi connectivity index (χ3v) is 9.98. The van der Waals surface area contributed by atoms with Gasteiger partial charge in [0.2, 0.25) is 0 Å². The lowest BCUT2D eigenvalue weighted by Gasteiger charge is -2.21. The molecule has 166 valence electrons.